The lowest BCUT2D eigenvalue weighted by Crippen LogP contribution is -2.16. The van der Waals surface area contributed by atoms with Crippen molar-refractivity contribution in [3.63, 3.8) is 0 Å². The number of aromatic nitrogens is 3. The molecule has 0 saturated heterocycles. The van der Waals surface area contributed by atoms with Gasteiger partial charge in [0.2, 0.25) is 0 Å². The number of hydrogen-bond acceptors (Lipinski definition) is 5. The summed E-state index contributed by atoms with van der Waals surface area (Å²) in [5.74, 6) is 1.59. The van der Waals surface area contributed by atoms with Gasteiger partial charge in [0.25, 0.3) is 5.91 Å². The number of carbonyl (C=O) groups excluding carboxylic acids is 1. The predicted octanol–water partition coefficient (Wildman–Crippen LogP) is 3.16. The molecule has 0 saturated carbocycles. The van der Waals surface area contributed by atoms with Crippen molar-refractivity contribution in [2.24, 2.45) is 7.05 Å². The van der Waals surface area contributed by atoms with Crippen LogP contribution in [0.4, 0.5) is 5.82 Å². The van der Waals surface area contributed by atoms with Crippen LogP contribution in [-0.2, 0) is 13.7 Å². The van der Waals surface area contributed by atoms with Crippen molar-refractivity contribution in [2.75, 3.05) is 5.32 Å². The summed E-state index contributed by atoms with van der Waals surface area (Å²) in [6.45, 7) is 5.85. The van der Waals surface area contributed by atoms with Crippen LogP contribution in [-0.4, -0.2) is 20.8 Å². The zero-order valence-corrected chi connectivity index (χ0v) is 14.7. The van der Waals surface area contributed by atoms with Gasteiger partial charge in [0.1, 0.15) is 23.9 Å². The van der Waals surface area contributed by atoms with Crippen LogP contribution in [0.1, 0.15) is 33.1 Å². The molecule has 1 aromatic carbocycles. The van der Waals surface area contributed by atoms with Crippen LogP contribution >= 0.6 is 0 Å². The highest BCUT2D eigenvalue weighted by atomic mass is 16.5. The summed E-state index contributed by atoms with van der Waals surface area (Å²) in [6.07, 6.45) is 0. The van der Waals surface area contributed by atoms with Crippen molar-refractivity contribution in [3.8, 4) is 5.75 Å². The third-order valence-electron chi connectivity index (χ3n) is 3.93. The summed E-state index contributed by atoms with van der Waals surface area (Å²) in [5, 5.41) is 11.0. The maximum atomic E-state index is 12.6. The minimum Gasteiger partial charge on any atom is -0.488 e. The molecule has 1 N–H and O–H groups in total. The zero-order chi connectivity index (χ0) is 18.0. The third kappa shape index (κ3) is 3.55. The molecule has 3 aromatic rings. The first-order valence-corrected chi connectivity index (χ1v) is 7.91. The topological polar surface area (TPSA) is 82.2 Å². The van der Waals surface area contributed by atoms with Crippen LogP contribution in [0.2, 0.25) is 0 Å². The van der Waals surface area contributed by atoms with Crippen molar-refractivity contribution in [1.29, 1.82) is 0 Å². The number of carbonyl (C=O) groups is 1. The monoisotopic (exact) mass is 340 g/mol. The van der Waals surface area contributed by atoms with Gasteiger partial charge in [0.15, 0.2) is 0 Å². The van der Waals surface area contributed by atoms with Gasteiger partial charge in [0, 0.05) is 13.1 Å². The lowest BCUT2D eigenvalue weighted by atomic mass is 10.2. The van der Waals surface area contributed by atoms with E-state index < -0.39 is 0 Å². The minimum absolute atomic E-state index is 0.252. The normalized spacial score (nSPS) is 10.7. The van der Waals surface area contributed by atoms with Crippen molar-refractivity contribution in [3.05, 3.63) is 58.6 Å². The molecule has 2 heterocycles. The van der Waals surface area contributed by atoms with Crippen molar-refractivity contribution < 1.29 is 14.1 Å². The van der Waals surface area contributed by atoms with Crippen LogP contribution in [0.15, 0.2) is 34.9 Å². The van der Waals surface area contributed by atoms with Gasteiger partial charge in [-0.3, -0.25) is 9.48 Å². The Hall–Kier alpha value is -3.09. The Morgan fingerprint density at radius 3 is 2.68 bits per heavy atom. The molecule has 0 aliphatic rings. The van der Waals surface area contributed by atoms with Crippen molar-refractivity contribution in [2.45, 2.75) is 27.4 Å². The average molecular weight is 340 g/mol. The van der Waals surface area contributed by atoms with Gasteiger partial charge in [-0.25, -0.2) is 0 Å². The molecule has 130 valence electrons. The molecule has 1 amide bonds. The SMILES string of the molecule is Cc1cc(NC(=O)c2ccccc2OCc2c(C)noc2C)n(C)n1. The Balaban J connectivity index is 1.78. The van der Waals surface area contributed by atoms with Gasteiger partial charge in [0.05, 0.1) is 22.5 Å². The number of amides is 1. The molecule has 7 heteroatoms. The van der Waals surface area contributed by atoms with E-state index >= 15 is 0 Å². The summed E-state index contributed by atoms with van der Waals surface area (Å²) in [5.41, 5.74) is 2.95. The fraction of sp³-hybridized carbons (Fsp3) is 0.278. The summed E-state index contributed by atoms with van der Waals surface area (Å²) in [4.78, 5) is 12.6. The van der Waals surface area contributed by atoms with Gasteiger partial charge in [-0.1, -0.05) is 17.3 Å². The molecule has 0 atom stereocenters. The third-order valence-corrected chi connectivity index (χ3v) is 3.93. The van der Waals surface area contributed by atoms with E-state index in [0.29, 0.717) is 22.9 Å². The summed E-state index contributed by atoms with van der Waals surface area (Å²) < 4.78 is 12.6. The second-order valence-corrected chi connectivity index (χ2v) is 5.84. The molecule has 3 rings (SSSR count). The highest BCUT2D eigenvalue weighted by Gasteiger charge is 2.16. The molecule has 0 bridgehead atoms. The number of hydrogen-bond donors (Lipinski definition) is 1. The fourth-order valence-electron chi connectivity index (χ4n) is 2.55. The number of ether oxygens (including phenoxy) is 1. The molecular formula is C18H20N4O3. The molecule has 0 fully saturated rings. The van der Waals surface area contributed by atoms with E-state index in [1.807, 2.05) is 32.9 Å². The van der Waals surface area contributed by atoms with E-state index in [0.717, 1.165) is 17.0 Å². The van der Waals surface area contributed by atoms with Gasteiger partial charge in [-0.2, -0.15) is 5.10 Å². The van der Waals surface area contributed by atoms with Crippen LogP contribution in [0.3, 0.4) is 0 Å². The van der Waals surface area contributed by atoms with Crippen LogP contribution in [0.5, 0.6) is 5.75 Å². The van der Waals surface area contributed by atoms with Gasteiger partial charge >= 0.3 is 0 Å². The molecule has 0 unspecified atom stereocenters. The maximum Gasteiger partial charge on any atom is 0.260 e. The molecule has 0 aliphatic carbocycles. The second kappa shape index (κ2) is 6.80. The Kier molecular flexibility index (Phi) is 4.56. The summed E-state index contributed by atoms with van der Waals surface area (Å²) in [6, 6.07) is 8.92. The highest BCUT2D eigenvalue weighted by Crippen LogP contribution is 2.22. The maximum absolute atomic E-state index is 12.6. The van der Waals surface area contributed by atoms with E-state index in [9.17, 15) is 4.79 Å². The fourth-order valence-corrected chi connectivity index (χ4v) is 2.55. The first kappa shape index (κ1) is 16.8. The molecular weight excluding hydrogens is 320 g/mol. The van der Waals surface area contributed by atoms with E-state index in [-0.39, 0.29) is 12.5 Å². The van der Waals surface area contributed by atoms with Crippen LogP contribution in [0.25, 0.3) is 0 Å². The number of anilines is 1. The minimum atomic E-state index is -0.252. The molecule has 7 nitrogen and oxygen atoms in total. The van der Waals surface area contributed by atoms with Crippen molar-refractivity contribution in [1.82, 2.24) is 14.9 Å². The number of aryl methyl sites for hydroxylation is 4. The zero-order valence-electron chi connectivity index (χ0n) is 14.7. The Bertz CT molecular complexity index is 891. The molecule has 0 radical (unpaired) electrons. The molecule has 0 spiro atoms. The second-order valence-electron chi connectivity index (χ2n) is 5.84. The number of para-hydroxylation sites is 1. The van der Waals surface area contributed by atoms with E-state index in [1.165, 1.54) is 0 Å². The highest BCUT2D eigenvalue weighted by molar-refractivity contribution is 6.05. The van der Waals surface area contributed by atoms with Crippen molar-refractivity contribution >= 4 is 11.7 Å². The average Bonchev–Trinajstić information content (AvgIpc) is 3.07. The van der Waals surface area contributed by atoms with E-state index in [1.54, 1.807) is 29.9 Å². The van der Waals surface area contributed by atoms with E-state index in [4.69, 9.17) is 9.26 Å². The van der Waals surface area contributed by atoms with E-state index in [2.05, 4.69) is 15.6 Å². The largest absolute Gasteiger partial charge is 0.488 e. The van der Waals surface area contributed by atoms with Gasteiger partial charge in [-0.15, -0.1) is 0 Å². The first-order chi connectivity index (χ1) is 12.0. The molecule has 0 aliphatic heterocycles. The number of benzene rings is 1. The first-order valence-electron chi connectivity index (χ1n) is 7.91. The molecule has 25 heavy (non-hydrogen) atoms. The summed E-state index contributed by atoms with van der Waals surface area (Å²) in [7, 11) is 1.78. The quantitative estimate of drug-likeness (QED) is 0.771. The number of nitrogens with zero attached hydrogens (tertiary/aromatic N) is 3. The van der Waals surface area contributed by atoms with Gasteiger partial charge < -0.3 is 14.6 Å². The van der Waals surface area contributed by atoms with Gasteiger partial charge in [-0.05, 0) is 32.9 Å². The Morgan fingerprint density at radius 1 is 1.28 bits per heavy atom. The smallest absolute Gasteiger partial charge is 0.260 e. The Labute approximate surface area is 145 Å². The number of rotatable bonds is 5. The van der Waals surface area contributed by atoms with Crippen LogP contribution in [0, 0.1) is 20.8 Å². The lowest BCUT2D eigenvalue weighted by Gasteiger charge is -2.11. The molecule has 2 aromatic heterocycles. The Morgan fingerprint density at radius 2 is 2.04 bits per heavy atom. The standard InChI is InChI=1S/C18H20N4O3/c1-11-9-17(22(4)20-11)19-18(23)14-7-5-6-8-16(14)24-10-15-12(2)21-25-13(15)3/h5-9H,10H2,1-4H3,(H,19,23). The van der Waals surface area contributed by atoms with Crippen LogP contribution < -0.4 is 10.1 Å². The number of nitrogens with one attached hydrogen (secondary N) is 1. The summed E-state index contributed by atoms with van der Waals surface area (Å²) >= 11 is 0. The lowest BCUT2D eigenvalue weighted by molar-refractivity contribution is 0.102. The predicted molar refractivity (Wildman–Crippen MR) is 92.6 cm³/mol.